The lowest BCUT2D eigenvalue weighted by Crippen LogP contribution is -2.42. The minimum absolute atomic E-state index is 0. The predicted molar refractivity (Wildman–Crippen MR) is 90.6 cm³/mol. The van der Waals surface area contributed by atoms with Gasteiger partial charge in [-0.25, -0.2) is 0 Å². The molecule has 0 spiro atoms. The van der Waals surface area contributed by atoms with Crippen molar-refractivity contribution in [3.8, 4) is 11.4 Å². The van der Waals surface area contributed by atoms with E-state index < -0.39 is 6.10 Å². The van der Waals surface area contributed by atoms with Crippen LogP contribution in [0.1, 0.15) is 18.7 Å². The van der Waals surface area contributed by atoms with Gasteiger partial charge >= 0.3 is 0 Å². The average Bonchev–Trinajstić information content (AvgIpc) is 3.16. The van der Waals surface area contributed by atoms with Crippen LogP contribution in [0.25, 0.3) is 5.69 Å². The van der Waals surface area contributed by atoms with Gasteiger partial charge in [-0.3, -0.25) is 0 Å². The number of nitrogens with zero attached hydrogens (tertiary/aromatic N) is 4. The minimum Gasteiger partial charge on any atom is -0.488 e. The number of aromatic nitrogens is 4. The molecule has 0 unspecified atom stereocenters. The summed E-state index contributed by atoms with van der Waals surface area (Å²) in [6.07, 6.45) is 1.15. The van der Waals surface area contributed by atoms with Gasteiger partial charge in [0.25, 0.3) is 0 Å². The van der Waals surface area contributed by atoms with Gasteiger partial charge in [-0.1, -0.05) is 6.07 Å². The van der Waals surface area contributed by atoms with Crippen molar-refractivity contribution in [2.24, 2.45) is 11.8 Å². The summed E-state index contributed by atoms with van der Waals surface area (Å²) in [5, 5.41) is 25.3. The van der Waals surface area contributed by atoms with Crippen molar-refractivity contribution in [2.75, 3.05) is 13.1 Å². The highest BCUT2D eigenvalue weighted by Crippen LogP contribution is 2.35. The summed E-state index contributed by atoms with van der Waals surface area (Å²) in [7, 11) is 0. The molecule has 0 bridgehead atoms. The third kappa shape index (κ3) is 3.24. The molecule has 0 radical (unpaired) electrons. The van der Waals surface area contributed by atoms with E-state index in [-0.39, 0.29) is 18.5 Å². The van der Waals surface area contributed by atoms with Gasteiger partial charge in [0, 0.05) is 6.07 Å². The molecule has 2 aliphatic rings. The smallest absolute Gasteiger partial charge is 0.153 e. The molecule has 130 valence electrons. The molecule has 2 heterocycles. The van der Waals surface area contributed by atoms with Crippen LogP contribution in [0, 0.1) is 18.8 Å². The lowest BCUT2D eigenvalue weighted by atomic mass is 9.78. The van der Waals surface area contributed by atoms with Crippen LogP contribution in [0.2, 0.25) is 0 Å². The molecule has 1 aliphatic heterocycles. The van der Waals surface area contributed by atoms with Gasteiger partial charge in [0.1, 0.15) is 11.9 Å². The summed E-state index contributed by atoms with van der Waals surface area (Å²) in [5.41, 5.74) is 0.857. The van der Waals surface area contributed by atoms with Crippen LogP contribution in [0.5, 0.6) is 5.75 Å². The van der Waals surface area contributed by atoms with Gasteiger partial charge < -0.3 is 15.2 Å². The van der Waals surface area contributed by atoms with E-state index in [1.54, 1.807) is 4.68 Å². The monoisotopic (exact) mass is 351 g/mol. The van der Waals surface area contributed by atoms with E-state index in [9.17, 15) is 5.11 Å². The van der Waals surface area contributed by atoms with Crippen molar-refractivity contribution >= 4 is 12.4 Å². The van der Waals surface area contributed by atoms with Gasteiger partial charge in [0.2, 0.25) is 0 Å². The molecular formula is C16H22ClN5O2. The molecule has 1 aliphatic carbocycles. The number of aliphatic hydroxyl groups is 1. The number of benzene rings is 1. The van der Waals surface area contributed by atoms with E-state index in [1.807, 2.05) is 31.2 Å². The molecule has 2 fully saturated rings. The fourth-order valence-corrected chi connectivity index (χ4v) is 3.72. The van der Waals surface area contributed by atoms with Crippen molar-refractivity contribution in [1.82, 2.24) is 25.5 Å². The first-order valence-electron chi connectivity index (χ1n) is 8.11. The quantitative estimate of drug-likeness (QED) is 0.862. The zero-order chi connectivity index (χ0) is 15.8. The van der Waals surface area contributed by atoms with E-state index in [0.29, 0.717) is 11.8 Å². The van der Waals surface area contributed by atoms with Crippen molar-refractivity contribution in [1.29, 1.82) is 0 Å². The molecule has 2 N–H and O–H groups in total. The third-order valence-corrected chi connectivity index (χ3v) is 4.96. The molecule has 8 heteroatoms. The van der Waals surface area contributed by atoms with Crippen LogP contribution in [0.3, 0.4) is 0 Å². The summed E-state index contributed by atoms with van der Waals surface area (Å²) in [5.74, 6) is 2.65. The minimum atomic E-state index is -0.408. The Hall–Kier alpha value is -1.70. The molecule has 0 amide bonds. The second-order valence-electron chi connectivity index (χ2n) is 6.51. The summed E-state index contributed by atoms with van der Waals surface area (Å²) < 4.78 is 7.76. The SMILES string of the molecule is Cc1nnnn1-c1cccc(O[C@@H]2C[C@@H]3CNC[C@@H]3C[C@H]2O)c1.Cl. The fourth-order valence-electron chi connectivity index (χ4n) is 3.72. The van der Waals surface area contributed by atoms with E-state index in [2.05, 4.69) is 20.8 Å². The number of tetrazole rings is 1. The number of hydrogen-bond donors (Lipinski definition) is 2. The number of halogens is 1. The van der Waals surface area contributed by atoms with E-state index >= 15 is 0 Å². The number of ether oxygens (including phenoxy) is 1. The van der Waals surface area contributed by atoms with Crippen LogP contribution in [-0.2, 0) is 0 Å². The van der Waals surface area contributed by atoms with E-state index in [0.717, 1.165) is 43.2 Å². The third-order valence-electron chi connectivity index (χ3n) is 4.96. The molecule has 4 rings (SSSR count). The van der Waals surface area contributed by atoms with Crippen molar-refractivity contribution in [3.63, 3.8) is 0 Å². The van der Waals surface area contributed by atoms with Crippen molar-refractivity contribution < 1.29 is 9.84 Å². The zero-order valence-electron chi connectivity index (χ0n) is 13.5. The summed E-state index contributed by atoms with van der Waals surface area (Å²) in [4.78, 5) is 0. The molecule has 1 saturated carbocycles. The van der Waals surface area contributed by atoms with Crippen LogP contribution in [0.15, 0.2) is 24.3 Å². The maximum absolute atomic E-state index is 10.4. The lowest BCUT2D eigenvalue weighted by molar-refractivity contribution is -0.0231. The number of aryl methyl sites for hydroxylation is 1. The normalized spacial score (nSPS) is 28.9. The summed E-state index contributed by atoms with van der Waals surface area (Å²) in [6.45, 7) is 3.90. The molecule has 7 nitrogen and oxygen atoms in total. The van der Waals surface area contributed by atoms with E-state index in [4.69, 9.17) is 4.74 Å². The Balaban J connectivity index is 0.00000169. The Morgan fingerprint density at radius 2 is 2.04 bits per heavy atom. The first-order valence-corrected chi connectivity index (χ1v) is 8.11. The number of nitrogens with one attached hydrogen (secondary N) is 1. The number of fused-ring (bicyclic) bond motifs is 1. The highest BCUT2D eigenvalue weighted by molar-refractivity contribution is 5.85. The van der Waals surface area contributed by atoms with Gasteiger partial charge in [0.15, 0.2) is 5.82 Å². The van der Waals surface area contributed by atoms with Gasteiger partial charge in [-0.05, 0) is 67.3 Å². The Morgan fingerprint density at radius 1 is 1.25 bits per heavy atom. The number of aliphatic hydroxyl groups excluding tert-OH is 1. The Kier molecular flexibility index (Phi) is 5.03. The molecule has 1 aromatic carbocycles. The second kappa shape index (κ2) is 7.04. The van der Waals surface area contributed by atoms with Crippen LogP contribution in [-0.4, -0.2) is 50.6 Å². The fraction of sp³-hybridized carbons (Fsp3) is 0.562. The molecule has 24 heavy (non-hydrogen) atoms. The molecule has 1 aromatic heterocycles. The Labute approximate surface area is 146 Å². The Bertz CT molecular complexity index is 695. The van der Waals surface area contributed by atoms with E-state index in [1.165, 1.54) is 0 Å². The summed E-state index contributed by atoms with van der Waals surface area (Å²) >= 11 is 0. The largest absolute Gasteiger partial charge is 0.488 e. The first kappa shape index (κ1) is 17.1. The maximum atomic E-state index is 10.4. The topological polar surface area (TPSA) is 85.1 Å². The van der Waals surface area contributed by atoms with Crippen molar-refractivity contribution in [3.05, 3.63) is 30.1 Å². The standard InChI is InChI=1S/C16H21N5O2.ClH/c1-10-18-19-20-21(10)13-3-2-4-14(7-13)23-16-6-12-9-17-8-11(12)5-15(16)22;/h2-4,7,11-12,15-17,22H,5-6,8-9H2,1H3;1H/t11-,12+,15+,16+;/m0./s1. The first-order chi connectivity index (χ1) is 11.2. The highest BCUT2D eigenvalue weighted by atomic mass is 35.5. The Morgan fingerprint density at radius 3 is 2.79 bits per heavy atom. The molecular weight excluding hydrogens is 330 g/mol. The summed E-state index contributed by atoms with van der Waals surface area (Å²) in [6, 6.07) is 7.68. The highest BCUT2D eigenvalue weighted by Gasteiger charge is 2.39. The number of hydrogen-bond acceptors (Lipinski definition) is 6. The van der Waals surface area contributed by atoms with Crippen LogP contribution >= 0.6 is 12.4 Å². The van der Waals surface area contributed by atoms with Crippen LogP contribution in [0.4, 0.5) is 0 Å². The maximum Gasteiger partial charge on any atom is 0.153 e. The average molecular weight is 352 g/mol. The second-order valence-corrected chi connectivity index (χ2v) is 6.51. The lowest BCUT2D eigenvalue weighted by Gasteiger charge is -2.35. The van der Waals surface area contributed by atoms with Gasteiger partial charge in [0.05, 0.1) is 11.8 Å². The molecule has 1 saturated heterocycles. The zero-order valence-corrected chi connectivity index (χ0v) is 14.3. The van der Waals surface area contributed by atoms with Crippen LogP contribution < -0.4 is 10.1 Å². The molecule has 4 atom stereocenters. The van der Waals surface area contributed by atoms with Gasteiger partial charge in [-0.15, -0.1) is 17.5 Å². The number of rotatable bonds is 3. The van der Waals surface area contributed by atoms with Gasteiger partial charge in [-0.2, -0.15) is 4.68 Å². The predicted octanol–water partition coefficient (Wildman–Crippen LogP) is 1.13. The molecule has 2 aromatic rings. The van der Waals surface area contributed by atoms with Crippen molar-refractivity contribution in [2.45, 2.75) is 32.0 Å².